The van der Waals surface area contributed by atoms with Crippen molar-refractivity contribution >= 4 is 15.9 Å². The first kappa shape index (κ1) is 8.91. The van der Waals surface area contributed by atoms with Gasteiger partial charge in [-0.1, -0.05) is 15.9 Å². The van der Waals surface area contributed by atoms with Crippen molar-refractivity contribution < 1.29 is 0 Å². The molecule has 0 atom stereocenters. The number of aromatic nitrogens is 3. The third kappa shape index (κ3) is 1.26. The lowest BCUT2D eigenvalue weighted by atomic mass is 10.0. The fourth-order valence-electron chi connectivity index (χ4n) is 1.96. The second-order valence-corrected chi connectivity index (χ2v) is 4.47. The smallest absolute Gasteiger partial charge is 0.247 e. The summed E-state index contributed by atoms with van der Waals surface area (Å²) in [5.74, 6) is 0.815. The Bertz CT molecular complexity index is 585. The Hall–Kier alpha value is -1.36. The molecule has 0 saturated carbocycles. The van der Waals surface area contributed by atoms with Gasteiger partial charge in [0, 0.05) is 10.9 Å². The molecule has 1 aromatic heterocycles. The quantitative estimate of drug-likeness (QED) is 0.784. The average Bonchev–Trinajstić information content (AvgIpc) is 2.60. The molecule has 0 spiro atoms. The van der Waals surface area contributed by atoms with E-state index in [1.807, 2.05) is 12.1 Å². The molecule has 1 aliphatic rings. The van der Waals surface area contributed by atoms with Gasteiger partial charge in [-0.15, -0.1) is 0 Å². The number of rotatable bonds is 0. The fraction of sp³-hybridized carbons (Fsp3) is 0.200. The van der Waals surface area contributed by atoms with Crippen molar-refractivity contribution in [2.45, 2.75) is 12.8 Å². The monoisotopic (exact) mass is 265 g/mol. The summed E-state index contributed by atoms with van der Waals surface area (Å²) < 4.78 is 2.69. The van der Waals surface area contributed by atoms with E-state index in [1.54, 1.807) is 4.57 Å². The Morgan fingerprint density at radius 2 is 2.27 bits per heavy atom. The first-order valence-electron chi connectivity index (χ1n) is 4.71. The zero-order valence-electron chi connectivity index (χ0n) is 7.83. The lowest BCUT2D eigenvalue weighted by Crippen LogP contribution is -2.22. The van der Waals surface area contributed by atoms with Crippen LogP contribution in [0.5, 0.6) is 0 Å². The van der Waals surface area contributed by atoms with Gasteiger partial charge in [-0.3, -0.25) is 0 Å². The van der Waals surface area contributed by atoms with Gasteiger partial charge in [-0.05, 0) is 30.2 Å². The van der Waals surface area contributed by atoms with Crippen molar-refractivity contribution in [3.63, 3.8) is 0 Å². The van der Waals surface area contributed by atoms with Crippen molar-refractivity contribution in [2.75, 3.05) is 0 Å². The number of nitrogens with zero attached hydrogens (tertiary/aromatic N) is 2. The molecule has 15 heavy (non-hydrogen) atoms. The van der Waals surface area contributed by atoms with Gasteiger partial charge in [0.1, 0.15) is 5.82 Å². The van der Waals surface area contributed by atoms with E-state index in [2.05, 4.69) is 32.2 Å². The SMILES string of the molecule is O=c1[nH]nc2n1-c1ccc(Br)cc1CC2. The van der Waals surface area contributed by atoms with E-state index in [1.165, 1.54) is 5.56 Å². The van der Waals surface area contributed by atoms with Crippen LogP contribution in [-0.2, 0) is 12.8 Å². The predicted molar refractivity (Wildman–Crippen MR) is 59.3 cm³/mol. The van der Waals surface area contributed by atoms with E-state index >= 15 is 0 Å². The van der Waals surface area contributed by atoms with E-state index in [4.69, 9.17) is 0 Å². The molecule has 3 rings (SSSR count). The molecule has 1 aliphatic heterocycles. The van der Waals surface area contributed by atoms with Gasteiger partial charge < -0.3 is 0 Å². The predicted octanol–water partition coefficient (Wildman–Crippen LogP) is 1.42. The highest BCUT2D eigenvalue weighted by Crippen LogP contribution is 2.24. The summed E-state index contributed by atoms with van der Waals surface area (Å²) in [5.41, 5.74) is 1.96. The molecular formula is C10H8BrN3O. The van der Waals surface area contributed by atoms with Crippen molar-refractivity contribution in [3.05, 3.63) is 44.5 Å². The van der Waals surface area contributed by atoms with Crippen molar-refractivity contribution in [3.8, 4) is 5.69 Å². The van der Waals surface area contributed by atoms with E-state index in [0.717, 1.165) is 28.8 Å². The fourth-order valence-corrected chi connectivity index (χ4v) is 2.37. The van der Waals surface area contributed by atoms with Crippen LogP contribution in [0, 0.1) is 0 Å². The zero-order chi connectivity index (χ0) is 10.4. The van der Waals surface area contributed by atoms with Crippen LogP contribution >= 0.6 is 15.9 Å². The summed E-state index contributed by atoms with van der Waals surface area (Å²) in [6.45, 7) is 0. The molecule has 2 aromatic rings. The highest BCUT2D eigenvalue weighted by molar-refractivity contribution is 9.10. The van der Waals surface area contributed by atoms with Crippen LogP contribution in [-0.4, -0.2) is 14.8 Å². The van der Waals surface area contributed by atoms with Gasteiger partial charge in [-0.25, -0.2) is 14.5 Å². The van der Waals surface area contributed by atoms with Crippen LogP contribution in [0.25, 0.3) is 5.69 Å². The van der Waals surface area contributed by atoms with E-state index in [0.29, 0.717) is 0 Å². The summed E-state index contributed by atoms with van der Waals surface area (Å²) in [4.78, 5) is 11.5. The Morgan fingerprint density at radius 1 is 1.40 bits per heavy atom. The number of aromatic amines is 1. The van der Waals surface area contributed by atoms with Gasteiger partial charge in [0.15, 0.2) is 0 Å². The van der Waals surface area contributed by atoms with Crippen LogP contribution in [0.4, 0.5) is 0 Å². The molecule has 0 fully saturated rings. The van der Waals surface area contributed by atoms with E-state index in [9.17, 15) is 4.79 Å². The van der Waals surface area contributed by atoms with Gasteiger partial charge >= 0.3 is 5.69 Å². The van der Waals surface area contributed by atoms with Gasteiger partial charge in [-0.2, -0.15) is 5.10 Å². The molecule has 0 unspecified atom stereocenters. The van der Waals surface area contributed by atoms with Gasteiger partial charge in [0.2, 0.25) is 0 Å². The molecule has 0 bridgehead atoms. The number of nitrogens with one attached hydrogen (secondary N) is 1. The molecule has 1 N–H and O–H groups in total. The maximum atomic E-state index is 11.5. The highest BCUT2D eigenvalue weighted by Gasteiger charge is 2.18. The van der Waals surface area contributed by atoms with E-state index in [-0.39, 0.29) is 5.69 Å². The van der Waals surface area contributed by atoms with Gasteiger partial charge in [0.25, 0.3) is 0 Å². The molecule has 4 nitrogen and oxygen atoms in total. The number of H-pyrrole nitrogens is 1. The number of hydrogen-bond donors (Lipinski definition) is 1. The van der Waals surface area contributed by atoms with Crippen LogP contribution < -0.4 is 5.69 Å². The number of hydrogen-bond acceptors (Lipinski definition) is 2. The molecule has 0 aliphatic carbocycles. The number of benzene rings is 1. The minimum atomic E-state index is -0.159. The Balaban J connectivity index is 2.33. The molecule has 5 heteroatoms. The topological polar surface area (TPSA) is 50.7 Å². The van der Waals surface area contributed by atoms with Crippen LogP contribution in [0.2, 0.25) is 0 Å². The first-order valence-corrected chi connectivity index (χ1v) is 5.50. The standard InChI is InChI=1S/C10H8BrN3O/c11-7-2-3-8-6(5-7)1-4-9-12-13-10(15)14(8)9/h2-3,5H,1,4H2,(H,13,15). The second kappa shape index (κ2) is 3.06. The lowest BCUT2D eigenvalue weighted by Gasteiger charge is -2.16. The molecule has 0 saturated heterocycles. The molecule has 1 aromatic carbocycles. The van der Waals surface area contributed by atoms with Crippen molar-refractivity contribution in [1.29, 1.82) is 0 Å². The number of aryl methyl sites for hydroxylation is 2. The third-order valence-electron chi connectivity index (χ3n) is 2.64. The number of fused-ring (bicyclic) bond motifs is 3. The van der Waals surface area contributed by atoms with Crippen molar-refractivity contribution in [1.82, 2.24) is 14.8 Å². The summed E-state index contributed by atoms with van der Waals surface area (Å²) in [6, 6.07) is 5.93. The first-order chi connectivity index (χ1) is 7.25. The maximum Gasteiger partial charge on any atom is 0.347 e. The van der Waals surface area contributed by atoms with Crippen LogP contribution in [0.15, 0.2) is 27.5 Å². The number of halogens is 1. The minimum Gasteiger partial charge on any atom is -0.247 e. The summed E-state index contributed by atoms with van der Waals surface area (Å²) in [7, 11) is 0. The van der Waals surface area contributed by atoms with Crippen LogP contribution in [0.1, 0.15) is 11.4 Å². The molecule has 0 radical (unpaired) electrons. The lowest BCUT2D eigenvalue weighted by molar-refractivity contribution is 0.766. The second-order valence-electron chi connectivity index (χ2n) is 3.55. The zero-order valence-corrected chi connectivity index (χ0v) is 9.41. The van der Waals surface area contributed by atoms with Crippen molar-refractivity contribution in [2.24, 2.45) is 0 Å². The third-order valence-corrected chi connectivity index (χ3v) is 3.14. The Kier molecular flexibility index (Phi) is 1.82. The average molecular weight is 266 g/mol. The maximum absolute atomic E-state index is 11.5. The molecular weight excluding hydrogens is 258 g/mol. The summed E-state index contributed by atoms with van der Waals surface area (Å²) in [6.07, 6.45) is 1.74. The van der Waals surface area contributed by atoms with E-state index < -0.39 is 0 Å². The normalized spacial score (nSPS) is 13.4. The van der Waals surface area contributed by atoms with Gasteiger partial charge in [0.05, 0.1) is 5.69 Å². The molecule has 2 heterocycles. The molecule has 76 valence electrons. The Morgan fingerprint density at radius 3 is 3.13 bits per heavy atom. The summed E-state index contributed by atoms with van der Waals surface area (Å²) in [5, 5.41) is 6.47. The minimum absolute atomic E-state index is 0.159. The largest absolute Gasteiger partial charge is 0.347 e. The summed E-state index contributed by atoms with van der Waals surface area (Å²) >= 11 is 3.43. The molecule has 0 amide bonds. The Labute approximate surface area is 94.1 Å². The van der Waals surface area contributed by atoms with Crippen LogP contribution in [0.3, 0.4) is 0 Å². The highest BCUT2D eigenvalue weighted by atomic mass is 79.9.